The molecule has 3 aromatic rings. The van der Waals surface area contributed by atoms with Gasteiger partial charge in [0.15, 0.2) is 5.65 Å². The fourth-order valence-electron chi connectivity index (χ4n) is 2.58. The van der Waals surface area contributed by atoms with Crippen LogP contribution in [0.5, 0.6) is 0 Å². The maximum absolute atomic E-state index is 12.5. The number of aromatic nitrogens is 3. The van der Waals surface area contributed by atoms with E-state index in [2.05, 4.69) is 31.0 Å². The Bertz CT molecular complexity index is 843. The van der Waals surface area contributed by atoms with E-state index in [1.54, 1.807) is 22.4 Å². The molecular formula is C16H17N3O. The first-order valence-corrected chi connectivity index (χ1v) is 6.76. The van der Waals surface area contributed by atoms with Gasteiger partial charge in [-0.2, -0.15) is 0 Å². The van der Waals surface area contributed by atoms with Crippen molar-refractivity contribution >= 4 is 11.2 Å². The van der Waals surface area contributed by atoms with Crippen LogP contribution in [0.25, 0.3) is 16.9 Å². The first-order valence-electron chi connectivity index (χ1n) is 6.76. The molecule has 0 N–H and O–H groups in total. The van der Waals surface area contributed by atoms with Crippen LogP contribution in [0.15, 0.2) is 41.3 Å². The molecule has 0 saturated heterocycles. The first kappa shape index (κ1) is 12.7. The van der Waals surface area contributed by atoms with Crippen LogP contribution in [0, 0.1) is 6.92 Å². The van der Waals surface area contributed by atoms with Crippen LogP contribution >= 0.6 is 0 Å². The molecule has 0 atom stereocenters. The summed E-state index contributed by atoms with van der Waals surface area (Å²) in [6.07, 6.45) is 2.67. The van der Waals surface area contributed by atoms with E-state index in [9.17, 15) is 4.79 Å². The number of aryl methyl sites for hydroxylation is 3. The zero-order valence-corrected chi connectivity index (χ0v) is 11.9. The van der Waals surface area contributed by atoms with Gasteiger partial charge in [0, 0.05) is 13.2 Å². The fraction of sp³-hybridized carbons (Fsp3) is 0.250. The molecular weight excluding hydrogens is 250 g/mol. The second-order valence-corrected chi connectivity index (χ2v) is 4.99. The molecule has 0 fully saturated rings. The van der Waals surface area contributed by atoms with Crippen molar-refractivity contribution in [3.8, 4) is 5.69 Å². The van der Waals surface area contributed by atoms with Crippen LogP contribution in [-0.4, -0.2) is 14.1 Å². The monoisotopic (exact) mass is 267 g/mol. The maximum atomic E-state index is 12.5. The van der Waals surface area contributed by atoms with Crippen molar-refractivity contribution in [1.29, 1.82) is 0 Å². The number of rotatable bonds is 2. The Kier molecular flexibility index (Phi) is 2.93. The number of nitrogens with zero attached hydrogens (tertiary/aromatic N) is 3. The lowest BCUT2D eigenvalue weighted by Gasteiger charge is -2.07. The van der Waals surface area contributed by atoms with Gasteiger partial charge in [0.1, 0.15) is 0 Å². The first-order chi connectivity index (χ1) is 9.63. The lowest BCUT2D eigenvalue weighted by Crippen LogP contribution is -2.21. The molecule has 0 radical (unpaired) electrons. The summed E-state index contributed by atoms with van der Waals surface area (Å²) in [4.78, 5) is 16.8. The Hall–Kier alpha value is -2.36. The highest BCUT2D eigenvalue weighted by atomic mass is 16.1. The molecule has 4 nitrogen and oxygen atoms in total. The van der Waals surface area contributed by atoms with Crippen LogP contribution in [0.2, 0.25) is 0 Å². The van der Waals surface area contributed by atoms with E-state index in [-0.39, 0.29) is 5.69 Å². The van der Waals surface area contributed by atoms with Gasteiger partial charge in [0.05, 0.1) is 11.2 Å². The van der Waals surface area contributed by atoms with Gasteiger partial charge < -0.3 is 0 Å². The largest absolute Gasteiger partial charge is 0.334 e. The van der Waals surface area contributed by atoms with Crippen molar-refractivity contribution in [2.24, 2.45) is 7.05 Å². The third-order valence-corrected chi connectivity index (χ3v) is 3.79. The van der Waals surface area contributed by atoms with Gasteiger partial charge in [0.25, 0.3) is 0 Å². The highest BCUT2D eigenvalue weighted by molar-refractivity contribution is 5.73. The van der Waals surface area contributed by atoms with E-state index in [1.165, 1.54) is 11.1 Å². The molecule has 3 rings (SSSR count). The van der Waals surface area contributed by atoms with Crippen LogP contribution in [0.4, 0.5) is 0 Å². The predicted octanol–water partition coefficient (Wildman–Crippen LogP) is 2.60. The molecule has 0 aliphatic rings. The minimum absolute atomic E-state index is 0.0652. The third kappa shape index (κ3) is 1.76. The van der Waals surface area contributed by atoms with Gasteiger partial charge >= 0.3 is 5.69 Å². The Labute approximate surface area is 117 Å². The molecule has 1 aromatic carbocycles. The third-order valence-electron chi connectivity index (χ3n) is 3.79. The molecule has 0 spiro atoms. The molecule has 102 valence electrons. The average molecular weight is 267 g/mol. The molecule has 2 aromatic heterocycles. The summed E-state index contributed by atoms with van der Waals surface area (Å²) < 4.78 is 3.31. The predicted molar refractivity (Wildman–Crippen MR) is 80.4 cm³/mol. The van der Waals surface area contributed by atoms with Crippen LogP contribution < -0.4 is 5.69 Å². The molecule has 2 heterocycles. The van der Waals surface area contributed by atoms with Gasteiger partial charge in [-0.15, -0.1) is 0 Å². The van der Waals surface area contributed by atoms with E-state index >= 15 is 0 Å². The van der Waals surface area contributed by atoms with Gasteiger partial charge in [-0.3, -0.25) is 4.57 Å². The minimum Gasteiger partial charge on any atom is -0.293 e. The number of hydrogen-bond acceptors (Lipinski definition) is 2. The number of pyridine rings is 1. The summed E-state index contributed by atoms with van der Waals surface area (Å²) >= 11 is 0. The van der Waals surface area contributed by atoms with Gasteiger partial charge in [-0.25, -0.2) is 14.3 Å². The van der Waals surface area contributed by atoms with Crippen molar-refractivity contribution in [3.63, 3.8) is 0 Å². The van der Waals surface area contributed by atoms with Crippen molar-refractivity contribution in [1.82, 2.24) is 14.1 Å². The molecule has 0 unspecified atom stereocenters. The topological polar surface area (TPSA) is 39.8 Å². The Morgan fingerprint density at radius 3 is 2.80 bits per heavy atom. The lowest BCUT2D eigenvalue weighted by atomic mass is 10.1. The minimum atomic E-state index is -0.0652. The van der Waals surface area contributed by atoms with E-state index in [0.717, 1.165) is 17.6 Å². The van der Waals surface area contributed by atoms with Crippen LogP contribution in [-0.2, 0) is 13.5 Å². The van der Waals surface area contributed by atoms with Crippen LogP contribution in [0.1, 0.15) is 18.1 Å². The molecule has 0 bridgehead atoms. The van der Waals surface area contributed by atoms with Crippen molar-refractivity contribution in [2.75, 3.05) is 0 Å². The maximum Gasteiger partial charge on any atom is 0.334 e. The zero-order valence-electron chi connectivity index (χ0n) is 11.9. The van der Waals surface area contributed by atoms with E-state index in [0.29, 0.717) is 5.65 Å². The smallest absolute Gasteiger partial charge is 0.293 e. The molecule has 0 amide bonds. The SMILES string of the molecule is CCc1cc(-n2c(=O)n(C)c3cccnc32)ccc1C. The highest BCUT2D eigenvalue weighted by Crippen LogP contribution is 2.18. The van der Waals surface area contributed by atoms with Crippen molar-refractivity contribution < 1.29 is 0 Å². The Morgan fingerprint density at radius 2 is 2.05 bits per heavy atom. The second-order valence-electron chi connectivity index (χ2n) is 4.99. The fourth-order valence-corrected chi connectivity index (χ4v) is 2.58. The van der Waals surface area contributed by atoms with Gasteiger partial charge in [-0.1, -0.05) is 13.0 Å². The van der Waals surface area contributed by atoms with E-state index in [4.69, 9.17) is 0 Å². The Balaban J connectivity index is 2.35. The quantitative estimate of drug-likeness (QED) is 0.716. The molecule has 20 heavy (non-hydrogen) atoms. The summed E-state index contributed by atoms with van der Waals surface area (Å²) in [6.45, 7) is 4.21. The summed E-state index contributed by atoms with van der Waals surface area (Å²) in [5, 5.41) is 0. The molecule has 0 aliphatic carbocycles. The lowest BCUT2D eigenvalue weighted by molar-refractivity contribution is 0.843. The summed E-state index contributed by atoms with van der Waals surface area (Å²) in [5.74, 6) is 0. The standard InChI is InChI=1S/C16H17N3O/c1-4-12-10-13(8-7-11(12)2)19-15-14(6-5-9-17-15)18(3)16(19)20/h5-10H,4H2,1-3H3. The van der Waals surface area contributed by atoms with Gasteiger partial charge in [-0.05, 0) is 48.7 Å². The average Bonchev–Trinajstić information content (AvgIpc) is 2.72. The highest BCUT2D eigenvalue weighted by Gasteiger charge is 2.13. The Morgan fingerprint density at radius 1 is 1.25 bits per heavy atom. The summed E-state index contributed by atoms with van der Waals surface area (Å²) in [7, 11) is 1.78. The number of hydrogen-bond donors (Lipinski definition) is 0. The molecule has 4 heteroatoms. The molecule has 0 aliphatic heterocycles. The van der Waals surface area contributed by atoms with Crippen molar-refractivity contribution in [2.45, 2.75) is 20.3 Å². The number of benzene rings is 1. The van der Waals surface area contributed by atoms with Crippen molar-refractivity contribution in [3.05, 3.63) is 58.1 Å². The normalized spacial score (nSPS) is 11.2. The van der Waals surface area contributed by atoms with E-state index in [1.807, 2.05) is 18.2 Å². The number of imidazole rings is 1. The number of fused-ring (bicyclic) bond motifs is 1. The summed E-state index contributed by atoms with van der Waals surface area (Å²) in [6, 6.07) is 9.87. The van der Waals surface area contributed by atoms with E-state index < -0.39 is 0 Å². The summed E-state index contributed by atoms with van der Waals surface area (Å²) in [5.41, 5.74) is 4.85. The molecule has 0 saturated carbocycles. The second kappa shape index (κ2) is 4.63. The van der Waals surface area contributed by atoms with Gasteiger partial charge in [0.2, 0.25) is 0 Å². The zero-order chi connectivity index (χ0) is 14.3. The van der Waals surface area contributed by atoms with Crippen LogP contribution in [0.3, 0.4) is 0 Å².